The van der Waals surface area contributed by atoms with Crippen LogP contribution >= 0.6 is 0 Å². The molecular formula is C22H18N7O2Si. The second kappa shape index (κ2) is 7.86. The number of nitrogens with zero attached hydrogens (tertiary/aromatic N) is 5. The fraction of sp³-hybridized carbons (Fsp3) is 0.182. The van der Waals surface area contributed by atoms with Gasteiger partial charge in [-0.05, 0) is 18.2 Å². The first-order valence-corrected chi connectivity index (χ1v) is 10.4. The molecule has 4 aromatic rings. The monoisotopic (exact) mass is 440 g/mol. The Labute approximate surface area is 187 Å². The van der Waals surface area contributed by atoms with Gasteiger partial charge in [-0.3, -0.25) is 4.40 Å². The van der Waals surface area contributed by atoms with E-state index in [9.17, 15) is 5.26 Å². The van der Waals surface area contributed by atoms with Crippen LogP contribution in [0.1, 0.15) is 16.8 Å². The van der Waals surface area contributed by atoms with Gasteiger partial charge in [0.05, 0.1) is 30.2 Å². The number of hydrogen-bond acceptors (Lipinski definition) is 8. The molecule has 3 radical (unpaired) electrons. The SMILES string of the molecule is COc1cc([Si])c(-c2cnc(NCc3c(N)ccc4c3CCO4)n3cc(C#N)nc23)cn1. The highest BCUT2D eigenvalue weighted by Crippen LogP contribution is 2.33. The zero-order chi connectivity index (χ0) is 22.2. The summed E-state index contributed by atoms with van der Waals surface area (Å²) in [6.07, 6.45) is 5.86. The lowest BCUT2D eigenvalue weighted by Gasteiger charge is -2.14. The Balaban J connectivity index is 1.55. The Morgan fingerprint density at radius 2 is 2.16 bits per heavy atom. The number of fused-ring (bicyclic) bond motifs is 2. The quantitative estimate of drug-likeness (QED) is 0.354. The van der Waals surface area contributed by atoms with Gasteiger partial charge in [-0.2, -0.15) is 5.26 Å². The summed E-state index contributed by atoms with van der Waals surface area (Å²) in [5, 5.41) is 13.5. The van der Waals surface area contributed by atoms with Gasteiger partial charge >= 0.3 is 0 Å². The Morgan fingerprint density at radius 1 is 1.31 bits per heavy atom. The van der Waals surface area contributed by atoms with Crippen molar-refractivity contribution in [3.8, 4) is 28.8 Å². The Hall–Kier alpha value is -4.10. The Kier molecular flexibility index (Phi) is 4.87. The molecule has 0 bridgehead atoms. The lowest BCUT2D eigenvalue weighted by molar-refractivity contribution is 0.357. The fourth-order valence-corrected chi connectivity index (χ4v) is 4.18. The minimum atomic E-state index is 0.285. The summed E-state index contributed by atoms with van der Waals surface area (Å²) in [7, 11) is 5.18. The maximum atomic E-state index is 9.43. The number of methoxy groups -OCH3 is 1. The van der Waals surface area contributed by atoms with Crippen LogP contribution in [0.3, 0.4) is 0 Å². The van der Waals surface area contributed by atoms with Crippen LogP contribution in [0, 0.1) is 11.3 Å². The molecule has 3 N–H and O–H groups in total. The van der Waals surface area contributed by atoms with E-state index in [4.69, 9.17) is 15.2 Å². The zero-order valence-electron chi connectivity index (χ0n) is 17.2. The number of nitrogens with two attached hydrogens (primary N) is 1. The van der Waals surface area contributed by atoms with Crippen LogP contribution in [-0.2, 0) is 13.0 Å². The van der Waals surface area contributed by atoms with E-state index < -0.39 is 0 Å². The summed E-state index contributed by atoms with van der Waals surface area (Å²) in [4.78, 5) is 13.4. The van der Waals surface area contributed by atoms with Crippen LogP contribution < -0.4 is 25.7 Å². The van der Waals surface area contributed by atoms with E-state index in [1.165, 1.54) is 0 Å². The summed E-state index contributed by atoms with van der Waals surface area (Å²) in [5.74, 6) is 1.90. The molecule has 0 saturated carbocycles. The van der Waals surface area contributed by atoms with Gasteiger partial charge in [-0.25, -0.2) is 15.0 Å². The lowest BCUT2D eigenvalue weighted by atomic mass is 10.0. The van der Waals surface area contributed by atoms with Crippen LogP contribution in [0.2, 0.25) is 0 Å². The average Bonchev–Trinajstić information content (AvgIpc) is 3.46. The van der Waals surface area contributed by atoms with Gasteiger partial charge in [-0.1, -0.05) is 5.19 Å². The number of nitriles is 1. The topological polar surface area (TPSA) is 123 Å². The van der Waals surface area contributed by atoms with Gasteiger partial charge in [0.1, 0.15) is 11.8 Å². The van der Waals surface area contributed by atoms with E-state index in [0.29, 0.717) is 36.3 Å². The van der Waals surface area contributed by atoms with Crippen molar-refractivity contribution in [3.63, 3.8) is 0 Å². The molecular weight excluding hydrogens is 422 g/mol. The first-order chi connectivity index (χ1) is 15.6. The second-order valence-corrected chi connectivity index (χ2v) is 7.80. The van der Waals surface area contributed by atoms with Crippen molar-refractivity contribution in [2.24, 2.45) is 0 Å². The van der Waals surface area contributed by atoms with E-state index in [0.717, 1.165) is 39.6 Å². The third-order valence-corrected chi connectivity index (χ3v) is 5.85. The van der Waals surface area contributed by atoms with Gasteiger partial charge in [-0.15, -0.1) is 0 Å². The van der Waals surface area contributed by atoms with Gasteiger partial charge < -0.3 is 20.5 Å². The third kappa shape index (κ3) is 3.29. The summed E-state index contributed by atoms with van der Waals surface area (Å²) >= 11 is 0. The number of benzene rings is 1. The van der Waals surface area contributed by atoms with E-state index >= 15 is 0 Å². The summed E-state index contributed by atoms with van der Waals surface area (Å²) in [6.45, 7) is 1.12. The maximum absolute atomic E-state index is 9.43. The molecule has 3 aromatic heterocycles. The van der Waals surface area contributed by atoms with Crippen molar-refractivity contribution in [2.45, 2.75) is 13.0 Å². The number of nitrogen functional groups attached to an aromatic ring is 1. The molecule has 157 valence electrons. The minimum absolute atomic E-state index is 0.285. The number of anilines is 2. The molecule has 0 spiro atoms. The molecule has 1 aliphatic heterocycles. The molecule has 0 saturated heterocycles. The van der Waals surface area contributed by atoms with Gasteiger partial charge in [0.15, 0.2) is 11.3 Å². The van der Waals surface area contributed by atoms with Crippen molar-refractivity contribution in [1.82, 2.24) is 19.4 Å². The predicted molar refractivity (Wildman–Crippen MR) is 120 cm³/mol. The molecule has 10 heteroatoms. The molecule has 1 aliphatic rings. The predicted octanol–water partition coefficient (Wildman–Crippen LogP) is 1.59. The summed E-state index contributed by atoms with van der Waals surface area (Å²) in [6, 6.07) is 7.63. The van der Waals surface area contributed by atoms with Crippen LogP contribution in [0.15, 0.2) is 36.8 Å². The zero-order valence-corrected chi connectivity index (χ0v) is 18.2. The number of ether oxygens (including phenoxy) is 2. The molecule has 32 heavy (non-hydrogen) atoms. The van der Waals surface area contributed by atoms with Crippen LogP contribution in [0.4, 0.5) is 11.6 Å². The van der Waals surface area contributed by atoms with Crippen molar-refractivity contribution >= 4 is 32.7 Å². The molecule has 0 amide bonds. The van der Waals surface area contributed by atoms with Gasteiger partial charge in [0, 0.05) is 53.3 Å². The molecule has 0 fully saturated rings. The summed E-state index contributed by atoms with van der Waals surface area (Å²) in [5.41, 5.74) is 11.4. The van der Waals surface area contributed by atoms with E-state index in [1.807, 2.05) is 12.1 Å². The van der Waals surface area contributed by atoms with Crippen LogP contribution in [0.25, 0.3) is 16.8 Å². The largest absolute Gasteiger partial charge is 0.493 e. The molecule has 0 atom stereocenters. The molecule has 5 rings (SSSR count). The fourth-order valence-electron chi connectivity index (χ4n) is 3.85. The summed E-state index contributed by atoms with van der Waals surface area (Å²) < 4.78 is 12.6. The standard InChI is InChI=1S/C22H18N7O2Si/c1-30-20-6-19(32)15(9-25-20)16-10-27-22(29-11-12(7-23)28-21(16)29)26-8-14-13-4-5-31-18(13)3-2-17(14)24/h2-3,6,9-11H,4-5,8,24H2,1H3,(H,26,27). The minimum Gasteiger partial charge on any atom is -0.493 e. The molecule has 9 nitrogen and oxygen atoms in total. The average molecular weight is 441 g/mol. The van der Waals surface area contributed by atoms with E-state index in [-0.39, 0.29) is 5.69 Å². The second-order valence-electron chi connectivity index (χ2n) is 7.26. The van der Waals surface area contributed by atoms with Gasteiger partial charge in [0.2, 0.25) is 11.8 Å². The highest BCUT2D eigenvalue weighted by Gasteiger charge is 2.19. The van der Waals surface area contributed by atoms with E-state index in [1.54, 1.807) is 36.2 Å². The van der Waals surface area contributed by atoms with E-state index in [2.05, 4.69) is 36.6 Å². The molecule has 4 heterocycles. The number of hydrogen-bond donors (Lipinski definition) is 2. The normalized spacial score (nSPS) is 12.3. The van der Waals surface area contributed by atoms with Gasteiger partial charge in [0.25, 0.3) is 0 Å². The van der Waals surface area contributed by atoms with Crippen molar-refractivity contribution in [2.75, 3.05) is 24.8 Å². The number of nitrogens with one attached hydrogen (secondary N) is 1. The maximum Gasteiger partial charge on any atom is 0.212 e. The number of rotatable bonds is 5. The van der Waals surface area contributed by atoms with Crippen molar-refractivity contribution in [3.05, 3.63) is 53.6 Å². The first-order valence-electron chi connectivity index (χ1n) is 9.90. The molecule has 1 aromatic carbocycles. The molecule has 0 aliphatic carbocycles. The third-order valence-electron chi connectivity index (χ3n) is 5.44. The smallest absolute Gasteiger partial charge is 0.212 e. The highest BCUT2D eigenvalue weighted by molar-refractivity contribution is 6.36. The van der Waals surface area contributed by atoms with Crippen LogP contribution in [0.5, 0.6) is 11.6 Å². The Bertz CT molecular complexity index is 1390. The van der Waals surface area contributed by atoms with Crippen molar-refractivity contribution in [1.29, 1.82) is 5.26 Å². The highest BCUT2D eigenvalue weighted by atomic mass is 28.1. The first kappa shape index (κ1) is 19.8. The van der Waals surface area contributed by atoms with Crippen LogP contribution in [-0.4, -0.2) is 43.3 Å². The lowest BCUT2D eigenvalue weighted by Crippen LogP contribution is -2.12. The Morgan fingerprint density at radius 3 is 2.94 bits per heavy atom. The number of pyridine rings is 1. The van der Waals surface area contributed by atoms with Crippen molar-refractivity contribution < 1.29 is 9.47 Å². The molecule has 0 unspecified atom stereocenters. The number of imidazole rings is 1. The number of aromatic nitrogens is 4.